The van der Waals surface area contributed by atoms with Gasteiger partial charge in [-0.1, -0.05) is 61.9 Å². The highest BCUT2D eigenvalue weighted by Gasteiger charge is 2.28. The van der Waals surface area contributed by atoms with Crippen molar-refractivity contribution in [3.05, 3.63) is 66.2 Å². The summed E-state index contributed by atoms with van der Waals surface area (Å²) >= 11 is 0. The molecule has 0 saturated heterocycles. The molecule has 1 atom stereocenters. The van der Waals surface area contributed by atoms with Gasteiger partial charge in [0.2, 0.25) is 0 Å². The van der Waals surface area contributed by atoms with E-state index in [1.54, 1.807) is 18.2 Å². The zero-order valence-corrected chi connectivity index (χ0v) is 16.4. The summed E-state index contributed by atoms with van der Waals surface area (Å²) in [7, 11) is -4.03. The van der Waals surface area contributed by atoms with Crippen LogP contribution in [-0.2, 0) is 30.3 Å². The minimum atomic E-state index is -4.03. The fourth-order valence-electron chi connectivity index (χ4n) is 2.55. The van der Waals surface area contributed by atoms with E-state index >= 15 is 0 Å². The van der Waals surface area contributed by atoms with E-state index in [-0.39, 0.29) is 17.9 Å². The molecule has 0 heterocycles. The average Bonchev–Trinajstić information content (AvgIpc) is 2.69. The van der Waals surface area contributed by atoms with Gasteiger partial charge in [-0.25, -0.2) is 4.79 Å². The van der Waals surface area contributed by atoms with Gasteiger partial charge in [0.1, 0.15) is 0 Å². The van der Waals surface area contributed by atoms with Crippen LogP contribution in [0.1, 0.15) is 38.2 Å². The molecule has 0 saturated carbocycles. The maximum Gasteiger partial charge on any atom is 0.336 e. The largest absolute Gasteiger partial charge is 0.464 e. The molecule has 0 amide bonds. The van der Waals surface area contributed by atoms with Crippen molar-refractivity contribution in [2.75, 3.05) is 6.61 Å². The average molecular weight is 391 g/mol. The van der Waals surface area contributed by atoms with Crippen molar-refractivity contribution in [1.29, 1.82) is 0 Å². The molecular weight excluding hydrogens is 364 g/mol. The lowest BCUT2D eigenvalue weighted by Crippen LogP contribution is -2.30. The lowest BCUT2D eigenvalue weighted by Gasteiger charge is -2.17. The topological polar surface area (TPSA) is 69.7 Å². The third-order valence-electron chi connectivity index (χ3n) is 4.05. The Morgan fingerprint density at radius 2 is 1.59 bits per heavy atom. The van der Waals surface area contributed by atoms with Crippen LogP contribution in [0.4, 0.5) is 0 Å². The molecule has 146 valence electrons. The minimum absolute atomic E-state index is 0.0272. The summed E-state index contributed by atoms with van der Waals surface area (Å²) in [6.07, 6.45) is 2.08. The molecule has 0 aliphatic rings. The summed E-state index contributed by atoms with van der Waals surface area (Å²) < 4.78 is 35.4. The Morgan fingerprint density at radius 1 is 0.963 bits per heavy atom. The number of hydrogen-bond acceptors (Lipinski definition) is 5. The van der Waals surface area contributed by atoms with Crippen molar-refractivity contribution in [3.63, 3.8) is 0 Å². The molecule has 0 radical (unpaired) electrons. The number of aryl methyl sites for hydroxylation is 1. The summed E-state index contributed by atoms with van der Waals surface area (Å²) in [5, 5.41) is 0. The van der Waals surface area contributed by atoms with Crippen molar-refractivity contribution in [2.24, 2.45) is 0 Å². The number of esters is 1. The van der Waals surface area contributed by atoms with Crippen LogP contribution >= 0.6 is 0 Å². The first-order valence-corrected chi connectivity index (χ1v) is 10.6. The first-order valence-electron chi connectivity index (χ1n) is 9.22. The van der Waals surface area contributed by atoms with Crippen molar-refractivity contribution >= 4 is 16.1 Å². The van der Waals surface area contributed by atoms with E-state index in [0.29, 0.717) is 6.42 Å². The molecule has 5 nitrogen and oxygen atoms in total. The SMILES string of the molecule is CCCCOC(=O)[C@@H](CCCc1ccccc1)OS(=O)(=O)c1ccccc1. The van der Waals surface area contributed by atoms with E-state index in [1.807, 2.05) is 37.3 Å². The van der Waals surface area contributed by atoms with Crippen LogP contribution in [0.2, 0.25) is 0 Å². The first kappa shape index (κ1) is 21.1. The van der Waals surface area contributed by atoms with Gasteiger partial charge in [0, 0.05) is 0 Å². The Bertz CT molecular complexity index is 788. The van der Waals surface area contributed by atoms with Crippen LogP contribution in [0.25, 0.3) is 0 Å². The van der Waals surface area contributed by atoms with Gasteiger partial charge < -0.3 is 4.74 Å². The van der Waals surface area contributed by atoms with Gasteiger partial charge in [0.25, 0.3) is 10.1 Å². The molecule has 2 aromatic rings. The molecule has 6 heteroatoms. The highest BCUT2D eigenvalue weighted by atomic mass is 32.2. The van der Waals surface area contributed by atoms with Crippen molar-refractivity contribution < 1.29 is 22.1 Å². The van der Waals surface area contributed by atoms with E-state index in [2.05, 4.69) is 0 Å². The Kier molecular flexibility index (Phi) is 8.48. The number of unbranched alkanes of at least 4 members (excludes halogenated alkanes) is 1. The van der Waals surface area contributed by atoms with E-state index in [1.165, 1.54) is 12.1 Å². The van der Waals surface area contributed by atoms with Gasteiger partial charge in [-0.3, -0.25) is 4.18 Å². The fraction of sp³-hybridized carbons (Fsp3) is 0.381. The van der Waals surface area contributed by atoms with Gasteiger partial charge in [-0.05, 0) is 43.4 Å². The molecule has 0 fully saturated rings. The zero-order chi connectivity index (χ0) is 19.5. The van der Waals surface area contributed by atoms with E-state index in [0.717, 1.165) is 24.8 Å². The van der Waals surface area contributed by atoms with Crippen LogP contribution in [0.15, 0.2) is 65.6 Å². The van der Waals surface area contributed by atoms with Crippen LogP contribution in [0, 0.1) is 0 Å². The van der Waals surface area contributed by atoms with Crippen LogP contribution in [-0.4, -0.2) is 27.1 Å². The maximum absolute atomic E-state index is 12.5. The highest BCUT2D eigenvalue weighted by molar-refractivity contribution is 7.86. The molecule has 0 aliphatic heterocycles. The molecule has 0 unspecified atom stereocenters. The molecule has 0 aromatic heterocycles. The number of carbonyl (C=O) groups is 1. The quantitative estimate of drug-likeness (QED) is 0.328. The fourth-order valence-corrected chi connectivity index (χ4v) is 3.63. The second kappa shape index (κ2) is 10.8. The van der Waals surface area contributed by atoms with Crippen molar-refractivity contribution in [1.82, 2.24) is 0 Å². The Morgan fingerprint density at radius 3 is 2.22 bits per heavy atom. The maximum atomic E-state index is 12.5. The van der Waals surface area contributed by atoms with Crippen LogP contribution in [0.5, 0.6) is 0 Å². The molecule has 0 N–H and O–H groups in total. The predicted molar refractivity (Wildman–Crippen MR) is 104 cm³/mol. The second-order valence-electron chi connectivity index (χ2n) is 6.25. The Balaban J connectivity index is 2.03. The lowest BCUT2D eigenvalue weighted by molar-refractivity contribution is -0.152. The normalized spacial score (nSPS) is 12.5. The second-order valence-corrected chi connectivity index (χ2v) is 7.82. The smallest absolute Gasteiger partial charge is 0.336 e. The van der Waals surface area contributed by atoms with Gasteiger partial charge in [-0.2, -0.15) is 8.42 Å². The van der Waals surface area contributed by atoms with Crippen molar-refractivity contribution in [3.8, 4) is 0 Å². The molecule has 27 heavy (non-hydrogen) atoms. The third-order valence-corrected chi connectivity index (χ3v) is 5.39. The Hall–Kier alpha value is -2.18. The summed E-state index contributed by atoms with van der Waals surface area (Å²) in [6, 6.07) is 17.6. The summed E-state index contributed by atoms with van der Waals surface area (Å²) in [5.74, 6) is -0.629. The van der Waals surface area contributed by atoms with E-state index in [9.17, 15) is 13.2 Å². The zero-order valence-electron chi connectivity index (χ0n) is 15.5. The van der Waals surface area contributed by atoms with Gasteiger partial charge in [0.15, 0.2) is 6.10 Å². The molecule has 2 rings (SSSR count). The van der Waals surface area contributed by atoms with Crippen LogP contribution in [0.3, 0.4) is 0 Å². The van der Waals surface area contributed by atoms with E-state index in [4.69, 9.17) is 8.92 Å². The monoisotopic (exact) mass is 390 g/mol. The molecule has 0 bridgehead atoms. The van der Waals surface area contributed by atoms with Crippen molar-refractivity contribution in [2.45, 2.75) is 50.0 Å². The molecular formula is C21H26O5S. The predicted octanol–water partition coefficient (Wildman–Crippen LogP) is 4.13. The third kappa shape index (κ3) is 7.15. The number of carbonyl (C=O) groups excluding carboxylic acids is 1. The summed E-state index contributed by atoms with van der Waals surface area (Å²) in [5.41, 5.74) is 1.13. The summed E-state index contributed by atoms with van der Waals surface area (Å²) in [4.78, 5) is 12.4. The standard InChI is InChI=1S/C21H26O5S/c1-2-3-17-25-21(22)20(16-10-13-18-11-6-4-7-12-18)26-27(23,24)19-14-8-5-9-15-19/h4-9,11-12,14-15,20H,2-3,10,13,16-17H2,1H3/t20-/m1/s1. The minimum Gasteiger partial charge on any atom is -0.464 e. The molecule has 0 spiro atoms. The molecule has 0 aliphatic carbocycles. The number of rotatable bonds is 11. The van der Waals surface area contributed by atoms with Gasteiger partial charge >= 0.3 is 5.97 Å². The Labute approximate surface area is 161 Å². The van der Waals surface area contributed by atoms with Gasteiger partial charge in [-0.15, -0.1) is 0 Å². The molecule has 2 aromatic carbocycles. The van der Waals surface area contributed by atoms with Gasteiger partial charge in [0.05, 0.1) is 11.5 Å². The lowest BCUT2D eigenvalue weighted by atomic mass is 10.1. The van der Waals surface area contributed by atoms with Crippen LogP contribution < -0.4 is 0 Å². The number of hydrogen-bond donors (Lipinski definition) is 0. The number of ether oxygens (including phenoxy) is 1. The summed E-state index contributed by atoms with van der Waals surface area (Å²) in [6.45, 7) is 2.25. The first-order chi connectivity index (χ1) is 13.0. The van der Waals surface area contributed by atoms with E-state index < -0.39 is 22.2 Å². The highest BCUT2D eigenvalue weighted by Crippen LogP contribution is 2.18. The number of benzene rings is 2.